The number of sulfone groups is 1. The molecule has 7 nitrogen and oxygen atoms in total. The van der Waals surface area contributed by atoms with Crippen LogP contribution in [0.3, 0.4) is 0 Å². The van der Waals surface area contributed by atoms with Gasteiger partial charge in [0.05, 0.1) is 6.54 Å². The number of nitrogens with one attached hydrogen (secondary N) is 2. The number of rotatable bonds is 6. The maximum atomic E-state index is 13.2. The second-order valence-corrected chi connectivity index (χ2v) is 9.48. The highest BCUT2D eigenvalue weighted by atomic mass is 35.5. The third-order valence-corrected chi connectivity index (χ3v) is 7.26. The number of nitrogens with zero attached hydrogens (tertiary/aromatic N) is 1. The smallest absolute Gasteiger partial charge is 0.244 e. The lowest BCUT2D eigenvalue weighted by molar-refractivity contribution is -0.137. The van der Waals surface area contributed by atoms with E-state index in [4.69, 9.17) is 0 Å². The van der Waals surface area contributed by atoms with Crippen molar-refractivity contribution in [2.45, 2.75) is 38.4 Å². The van der Waals surface area contributed by atoms with E-state index in [0.717, 1.165) is 23.1 Å². The number of piperidine rings is 1. The number of hydrogen-bond donors (Lipinski definition) is 2. The summed E-state index contributed by atoms with van der Waals surface area (Å²) in [6.45, 7) is 6.58. The summed E-state index contributed by atoms with van der Waals surface area (Å²) < 4.78 is 23.5. The van der Waals surface area contributed by atoms with Crippen molar-refractivity contribution in [3.8, 4) is 0 Å². The molecule has 0 bridgehead atoms. The van der Waals surface area contributed by atoms with E-state index >= 15 is 0 Å². The molecule has 158 valence electrons. The van der Waals surface area contributed by atoms with Crippen molar-refractivity contribution in [3.63, 3.8) is 0 Å². The van der Waals surface area contributed by atoms with Gasteiger partial charge in [0.15, 0.2) is 14.6 Å². The highest BCUT2D eigenvalue weighted by Crippen LogP contribution is 2.30. The molecule has 0 aliphatic carbocycles. The predicted molar refractivity (Wildman–Crippen MR) is 114 cm³/mol. The molecule has 28 heavy (non-hydrogen) atoms. The summed E-state index contributed by atoms with van der Waals surface area (Å²) in [6.07, 6.45) is 1.56. The minimum atomic E-state index is -3.61. The van der Waals surface area contributed by atoms with E-state index < -0.39 is 20.5 Å². The van der Waals surface area contributed by atoms with E-state index in [1.54, 1.807) is 6.92 Å². The molecule has 1 heterocycles. The number of anilines is 1. The molecular weight excluding hydrogens is 402 g/mol. The minimum absolute atomic E-state index is 0. The number of hydrogen-bond acceptors (Lipinski definition) is 5. The minimum Gasteiger partial charge on any atom is -0.332 e. The predicted octanol–water partition coefficient (Wildman–Crippen LogP) is 1.68. The fourth-order valence-electron chi connectivity index (χ4n) is 3.55. The van der Waals surface area contributed by atoms with Crippen molar-refractivity contribution in [2.75, 3.05) is 37.8 Å². The van der Waals surface area contributed by atoms with Crippen molar-refractivity contribution in [1.82, 2.24) is 10.2 Å². The van der Waals surface area contributed by atoms with Gasteiger partial charge in [0.1, 0.15) is 0 Å². The zero-order valence-corrected chi connectivity index (χ0v) is 18.5. The Balaban J connectivity index is 0.00000392. The maximum Gasteiger partial charge on any atom is 0.244 e. The van der Waals surface area contributed by atoms with Gasteiger partial charge in [-0.1, -0.05) is 18.2 Å². The Labute approximate surface area is 173 Å². The quantitative estimate of drug-likeness (QED) is 0.714. The molecule has 0 atom stereocenters. The van der Waals surface area contributed by atoms with E-state index in [1.165, 1.54) is 4.90 Å². The van der Waals surface area contributed by atoms with Crippen LogP contribution < -0.4 is 10.6 Å². The van der Waals surface area contributed by atoms with Gasteiger partial charge >= 0.3 is 0 Å². The second-order valence-electron chi connectivity index (χ2n) is 7.15. The van der Waals surface area contributed by atoms with Crippen LogP contribution in [0, 0.1) is 13.8 Å². The van der Waals surface area contributed by atoms with Gasteiger partial charge in [0.25, 0.3) is 0 Å². The van der Waals surface area contributed by atoms with Crippen LogP contribution in [-0.4, -0.2) is 62.3 Å². The molecule has 1 fully saturated rings. The van der Waals surface area contributed by atoms with Crippen molar-refractivity contribution >= 4 is 39.7 Å². The van der Waals surface area contributed by atoms with Crippen molar-refractivity contribution in [1.29, 1.82) is 0 Å². The summed E-state index contributed by atoms with van der Waals surface area (Å²) in [7, 11) is -3.61. The summed E-state index contributed by atoms with van der Waals surface area (Å²) in [6, 6.07) is 5.72. The zero-order chi connectivity index (χ0) is 20.2. The lowest BCUT2D eigenvalue weighted by Crippen LogP contribution is -2.59. The second kappa shape index (κ2) is 9.71. The Morgan fingerprint density at radius 2 is 1.71 bits per heavy atom. The fraction of sp³-hybridized carbons (Fsp3) is 0.579. The summed E-state index contributed by atoms with van der Waals surface area (Å²) in [5, 5.41) is 5.95. The van der Waals surface area contributed by atoms with Crippen LogP contribution in [0.15, 0.2) is 18.2 Å². The van der Waals surface area contributed by atoms with E-state index in [2.05, 4.69) is 10.6 Å². The van der Waals surface area contributed by atoms with Crippen LogP contribution in [0.5, 0.6) is 0 Å². The lowest BCUT2D eigenvalue weighted by Gasteiger charge is -2.38. The first-order chi connectivity index (χ1) is 12.6. The van der Waals surface area contributed by atoms with Gasteiger partial charge in [-0.3, -0.25) is 9.59 Å². The first kappa shape index (κ1) is 24.4. The van der Waals surface area contributed by atoms with Crippen molar-refractivity contribution < 1.29 is 18.0 Å². The Kier molecular flexibility index (Phi) is 8.46. The third-order valence-electron chi connectivity index (χ3n) is 5.26. The Hall–Kier alpha value is -1.64. The van der Waals surface area contributed by atoms with Crippen LogP contribution in [-0.2, 0) is 19.4 Å². The molecule has 1 aliphatic heterocycles. The van der Waals surface area contributed by atoms with Gasteiger partial charge < -0.3 is 15.5 Å². The Morgan fingerprint density at radius 3 is 2.18 bits per heavy atom. The standard InChI is InChI=1S/C19H29N3O4S.ClH/c1-5-22(13-16(23)21-17-14(2)7-6-8-15(17)3)18(24)19(27(4,25)26)9-11-20-12-10-19;/h6-8,20H,5,9-13H2,1-4H3,(H,21,23);1H. The summed E-state index contributed by atoms with van der Waals surface area (Å²) in [5.74, 6) is -0.814. The molecule has 0 saturated carbocycles. The Morgan fingerprint density at radius 1 is 1.18 bits per heavy atom. The molecule has 0 spiro atoms. The number of amides is 2. The maximum absolute atomic E-state index is 13.2. The SMILES string of the molecule is CCN(CC(=O)Nc1c(C)cccc1C)C(=O)C1(S(C)(=O)=O)CCNCC1.Cl. The first-order valence-corrected chi connectivity index (χ1v) is 11.1. The number of carbonyl (C=O) groups is 2. The lowest BCUT2D eigenvalue weighted by atomic mass is 9.95. The molecule has 2 N–H and O–H groups in total. The average molecular weight is 432 g/mol. The monoisotopic (exact) mass is 431 g/mol. The molecule has 1 saturated heterocycles. The van der Waals surface area contributed by atoms with E-state index in [1.807, 2.05) is 32.0 Å². The van der Waals surface area contributed by atoms with Crippen LogP contribution in [0.25, 0.3) is 0 Å². The van der Waals surface area contributed by atoms with Gasteiger partial charge in [-0.15, -0.1) is 12.4 Å². The van der Waals surface area contributed by atoms with Gasteiger partial charge in [0.2, 0.25) is 11.8 Å². The first-order valence-electron chi connectivity index (χ1n) is 9.18. The number of aryl methyl sites for hydroxylation is 2. The summed E-state index contributed by atoms with van der Waals surface area (Å²) >= 11 is 0. The third kappa shape index (κ3) is 5.04. The van der Waals surface area contributed by atoms with Gasteiger partial charge in [-0.05, 0) is 57.8 Å². The number of carbonyl (C=O) groups excluding carboxylic acids is 2. The van der Waals surface area contributed by atoms with Crippen LogP contribution >= 0.6 is 12.4 Å². The summed E-state index contributed by atoms with van der Waals surface area (Å²) in [5.41, 5.74) is 2.60. The fourth-order valence-corrected chi connectivity index (χ4v) is 4.95. The number of likely N-dealkylation sites (N-methyl/N-ethyl adjacent to an activating group) is 1. The van der Waals surface area contributed by atoms with Crippen molar-refractivity contribution in [2.24, 2.45) is 0 Å². The molecule has 2 amide bonds. The number of benzene rings is 1. The Bertz CT molecular complexity index is 800. The molecule has 0 aromatic heterocycles. The van der Waals surface area contributed by atoms with E-state index in [9.17, 15) is 18.0 Å². The van der Waals surface area contributed by atoms with Gasteiger partial charge in [-0.2, -0.15) is 0 Å². The summed E-state index contributed by atoms with van der Waals surface area (Å²) in [4.78, 5) is 27.1. The molecule has 0 radical (unpaired) electrons. The number of para-hydroxylation sites is 1. The zero-order valence-electron chi connectivity index (χ0n) is 16.9. The highest BCUT2D eigenvalue weighted by molar-refractivity contribution is 7.92. The normalized spacial score (nSPS) is 16.0. The van der Waals surface area contributed by atoms with Gasteiger partial charge in [-0.25, -0.2) is 8.42 Å². The van der Waals surface area contributed by atoms with Crippen LogP contribution in [0.2, 0.25) is 0 Å². The van der Waals surface area contributed by atoms with Crippen molar-refractivity contribution in [3.05, 3.63) is 29.3 Å². The van der Waals surface area contributed by atoms with Crippen LogP contribution in [0.1, 0.15) is 30.9 Å². The van der Waals surface area contributed by atoms with E-state index in [0.29, 0.717) is 13.1 Å². The molecule has 2 rings (SSSR count). The molecule has 1 aromatic carbocycles. The molecule has 1 aliphatic rings. The molecule has 1 aromatic rings. The topological polar surface area (TPSA) is 95.6 Å². The number of halogens is 1. The highest BCUT2D eigenvalue weighted by Gasteiger charge is 2.50. The van der Waals surface area contributed by atoms with E-state index in [-0.39, 0.29) is 44.2 Å². The molecule has 0 unspecified atom stereocenters. The molecular formula is C19H30ClN3O4S. The molecule has 9 heteroatoms. The largest absolute Gasteiger partial charge is 0.332 e. The van der Waals surface area contributed by atoms with Gasteiger partial charge in [0, 0.05) is 18.5 Å². The average Bonchev–Trinajstić information content (AvgIpc) is 2.62. The van der Waals surface area contributed by atoms with Crippen LogP contribution in [0.4, 0.5) is 5.69 Å².